The van der Waals surface area contributed by atoms with Crippen molar-refractivity contribution in [1.29, 1.82) is 0 Å². The predicted molar refractivity (Wildman–Crippen MR) is 76.8 cm³/mol. The second-order valence-corrected chi connectivity index (χ2v) is 4.41. The number of benzene rings is 1. The van der Waals surface area contributed by atoms with Crippen LogP contribution < -0.4 is 10.6 Å². The van der Waals surface area contributed by atoms with Crippen molar-refractivity contribution in [2.24, 2.45) is 0 Å². The van der Waals surface area contributed by atoms with E-state index < -0.39 is 0 Å². The van der Waals surface area contributed by atoms with Crippen molar-refractivity contribution in [3.63, 3.8) is 0 Å². The maximum Gasteiger partial charge on any atom is 0.321 e. The van der Waals surface area contributed by atoms with Gasteiger partial charge >= 0.3 is 6.03 Å². The highest BCUT2D eigenvalue weighted by atomic mass is 35.5. The van der Waals surface area contributed by atoms with Gasteiger partial charge in [-0.1, -0.05) is 23.7 Å². The quantitative estimate of drug-likeness (QED) is 0.835. The van der Waals surface area contributed by atoms with Crippen molar-refractivity contribution < 1.29 is 4.79 Å². The first kappa shape index (κ1) is 15.1. The zero-order chi connectivity index (χ0) is 12.1. The van der Waals surface area contributed by atoms with Gasteiger partial charge in [-0.2, -0.15) is 0 Å². The Hall–Kier alpha value is -0.970. The maximum absolute atomic E-state index is 12.0. The predicted octanol–water partition coefficient (Wildman–Crippen LogP) is 2.59. The van der Waals surface area contributed by atoms with Gasteiger partial charge < -0.3 is 15.5 Å². The number of rotatable bonds is 1. The Morgan fingerprint density at radius 1 is 1.28 bits per heavy atom. The van der Waals surface area contributed by atoms with E-state index in [9.17, 15) is 4.79 Å². The minimum absolute atomic E-state index is 0. The number of hydrogen-bond acceptors (Lipinski definition) is 2. The van der Waals surface area contributed by atoms with E-state index in [1.54, 1.807) is 12.1 Å². The normalized spacial score (nSPS) is 15.5. The molecule has 4 nitrogen and oxygen atoms in total. The van der Waals surface area contributed by atoms with Crippen LogP contribution in [0.3, 0.4) is 0 Å². The van der Waals surface area contributed by atoms with Crippen molar-refractivity contribution in [3.8, 4) is 0 Å². The van der Waals surface area contributed by atoms with Crippen molar-refractivity contribution in [1.82, 2.24) is 10.2 Å². The first-order chi connectivity index (χ1) is 8.27. The van der Waals surface area contributed by atoms with Crippen LogP contribution in [0, 0.1) is 0 Å². The van der Waals surface area contributed by atoms with Crippen LogP contribution in [0.4, 0.5) is 10.5 Å². The Kier molecular flexibility index (Phi) is 6.25. The summed E-state index contributed by atoms with van der Waals surface area (Å²) in [5.74, 6) is 0. The van der Waals surface area contributed by atoms with E-state index in [-0.39, 0.29) is 18.4 Å². The largest absolute Gasteiger partial charge is 0.323 e. The van der Waals surface area contributed by atoms with Gasteiger partial charge in [-0.3, -0.25) is 0 Å². The van der Waals surface area contributed by atoms with Crippen LogP contribution in [-0.4, -0.2) is 37.1 Å². The molecule has 1 fully saturated rings. The van der Waals surface area contributed by atoms with Crippen molar-refractivity contribution in [2.75, 3.05) is 31.5 Å². The van der Waals surface area contributed by atoms with Crippen LogP contribution in [0.2, 0.25) is 5.02 Å². The molecule has 100 valence electrons. The van der Waals surface area contributed by atoms with Crippen LogP contribution in [0.15, 0.2) is 24.3 Å². The van der Waals surface area contributed by atoms with Crippen molar-refractivity contribution >= 4 is 35.7 Å². The molecule has 0 aliphatic carbocycles. The van der Waals surface area contributed by atoms with Crippen LogP contribution in [0.25, 0.3) is 0 Å². The van der Waals surface area contributed by atoms with Gasteiger partial charge in [-0.05, 0) is 25.1 Å². The standard InChI is InChI=1S/C12H16ClN3O.ClH/c13-10-4-1-2-5-11(10)15-12(17)16-8-3-6-14-7-9-16;/h1-2,4-5,14H,3,6-9H2,(H,15,17);1H. The summed E-state index contributed by atoms with van der Waals surface area (Å²) in [7, 11) is 0. The van der Waals surface area contributed by atoms with Gasteiger partial charge in [-0.25, -0.2) is 4.79 Å². The van der Waals surface area contributed by atoms with E-state index >= 15 is 0 Å². The number of nitrogens with one attached hydrogen (secondary N) is 2. The van der Waals surface area contributed by atoms with E-state index in [1.165, 1.54) is 0 Å². The van der Waals surface area contributed by atoms with E-state index in [1.807, 2.05) is 17.0 Å². The lowest BCUT2D eigenvalue weighted by Gasteiger charge is -2.20. The van der Waals surface area contributed by atoms with Gasteiger partial charge in [-0.15, -0.1) is 12.4 Å². The number of amides is 2. The topological polar surface area (TPSA) is 44.4 Å². The van der Waals surface area contributed by atoms with E-state index in [4.69, 9.17) is 11.6 Å². The van der Waals surface area contributed by atoms with Gasteiger partial charge in [0, 0.05) is 19.6 Å². The molecule has 1 heterocycles. The third-order valence-corrected chi connectivity index (χ3v) is 3.07. The Labute approximate surface area is 118 Å². The molecule has 1 aliphatic heterocycles. The van der Waals surface area contributed by atoms with Crippen molar-refractivity contribution in [2.45, 2.75) is 6.42 Å². The number of anilines is 1. The Morgan fingerprint density at radius 3 is 2.83 bits per heavy atom. The maximum atomic E-state index is 12.0. The number of urea groups is 1. The van der Waals surface area contributed by atoms with Gasteiger partial charge in [0.1, 0.15) is 0 Å². The van der Waals surface area contributed by atoms with Crippen LogP contribution in [-0.2, 0) is 0 Å². The molecular weight excluding hydrogens is 273 g/mol. The summed E-state index contributed by atoms with van der Waals surface area (Å²) in [4.78, 5) is 13.8. The SMILES string of the molecule is Cl.O=C(Nc1ccccc1Cl)N1CCCNCC1. The monoisotopic (exact) mass is 289 g/mol. The molecule has 1 aliphatic rings. The molecule has 18 heavy (non-hydrogen) atoms. The molecule has 0 unspecified atom stereocenters. The highest BCUT2D eigenvalue weighted by molar-refractivity contribution is 6.33. The molecule has 2 rings (SSSR count). The average Bonchev–Trinajstić information content (AvgIpc) is 2.61. The van der Waals surface area contributed by atoms with Crippen LogP contribution >= 0.6 is 24.0 Å². The molecule has 0 aromatic heterocycles. The molecule has 0 spiro atoms. The van der Waals surface area contributed by atoms with Gasteiger partial charge in [0.05, 0.1) is 10.7 Å². The van der Waals surface area contributed by atoms with Gasteiger partial charge in [0.25, 0.3) is 0 Å². The second-order valence-electron chi connectivity index (χ2n) is 4.00. The highest BCUT2D eigenvalue weighted by Gasteiger charge is 2.15. The molecular formula is C12H17Cl2N3O. The molecule has 6 heteroatoms. The number of halogens is 2. The molecule has 1 saturated heterocycles. The number of hydrogen-bond donors (Lipinski definition) is 2. The number of carbonyl (C=O) groups is 1. The molecule has 1 aromatic carbocycles. The second kappa shape index (κ2) is 7.46. The fourth-order valence-electron chi connectivity index (χ4n) is 1.81. The number of para-hydroxylation sites is 1. The summed E-state index contributed by atoms with van der Waals surface area (Å²) in [6.45, 7) is 3.32. The lowest BCUT2D eigenvalue weighted by molar-refractivity contribution is 0.215. The van der Waals surface area contributed by atoms with E-state index in [2.05, 4.69) is 10.6 Å². The number of carbonyl (C=O) groups excluding carboxylic acids is 1. The molecule has 0 saturated carbocycles. The summed E-state index contributed by atoms with van der Waals surface area (Å²) < 4.78 is 0. The Bertz CT molecular complexity index is 393. The van der Waals surface area contributed by atoms with E-state index in [0.717, 1.165) is 32.6 Å². The molecule has 1 aromatic rings. The lowest BCUT2D eigenvalue weighted by atomic mass is 10.3. The first-order valence-corrected chi connectivity index (χ1v) is 6.16. The molecule has 0 atom stereocenters. The Balaban J connectivity index is 0.00000162. The molecule has 2 N–H and O–H groups in total. The summed E-state index contributed by atoms with van der Waals surface area (Å²) >= 11 is 5.99. The average molecular weight is 290 g/mol. The fourth-order valence-corrected chi connectivity index (χ4v) is 1.99. The smallest absolute Gasteiger partial charge is 0.321 e. The van der Waals surface area contributed by atoms with E-state index in [0.29, 0.717) is 10.7 Å². The zero-order valence-corrected chi connectivity index (χ0v) is 11.6. The third-order valence-electron chi connectivity index (χ3n) is 2.74. The summed E-state index contributed by atoms with van der Waals surface area (Å²) in [6, 6.07) is 7.18. The minimum atomic E-state index is -0.0817. The first-order valence-electron chi connectivity index (χ1n) is 5.78. The molecule has 2 amide bonds. The zero-order valence-electron chi connectivity index (χ0n) is 9.99. The lowest BCUT2D eigenvalue weighted by Crippen LogP contribution is -2.37. The summed E-state index contributed by atoms with van der Waals surface area (Å²) in [5, 5.41) is 6.66. The summed E-state index contributed by atoms with van der Waals surface area (Å²) in [5.41, 5.74) is 0.663. The Morgan fingerprint density at radius 2 is 2.06 bits per heavy atom. The van der Waals surface area contributed by atoms with Crippen LogP contribution in [0.5, 0.6) is 0 Å². The number of nitrogens with zero attached hydrogens (tertiary/aromatic N) is 1. The highest BCUT2D eigenvalue weighted by Crippen LogP contribution is 2.20. The molecule has 0 radical (unpaired) electrons. The third kappa shape index (κ3) is 4.05. The van der Waals surface area contributed by atoms with Crippen LogP contribution in [0.1, 0.15) is 6.42 Å². The molecule has 0 bridgehead atoms. The van der Waals surface area contributed by atoms with Gasteiger partial charge in [0.2, 0.25) is 0 Å². The van der Waals surface area contributed by atoms with Crippen molar-refractivity contribution in [3.05, 3.63) is 29.3 Å². The minimum Gasteiger partial charge on any atom is -0.323 e. The fraction of sp³-hybridized carbons (Fsp3) is 0.417. The van der Waals surface area contributed by atoms with Gasteiger partial charge in [0.15, 0.2) is 0 Å². The summed E-state index contributed by atoms with van der Waals surface area (Å²) in [6.07, 6.45) is 0.982.